The number of nitrogens with one attached hydrogen (secondary N) is 1. The van der Waals surface area contributed by atoms with Crippen molar-refractivity contribution in [1.29, 1.82) is 0 Å². The van der Waals surface area contributed by atoms with E-state index in [-0.39, 0.29) is 5.97 Å². The summed E-state index contributed by atoms with van der Waals surface area (Å²) >= 11 is 7.06. The number of thiophene rings is 1. The normalized spacial score (nSPS) is 16.8. The largest absolute Gasteiger partial charge is 0.462 e. The van der Waals surface area contributed by atoms with Crippen LogP contribution in [0.4, 0.5) is 5.00 Å². The van der Waals surface area contributed by atoms with Crippen molar-refractivity contribution in [3.63, 3.8) is 0 Å². The van der Waals surface area contributed by atoms with Crippen LogP contribution in [0.25, 0.3) is 0 Å². The predicted octanol–water partition coefficient (Wildman–Crippen LogP) is 4.01. The van der Waals surface area contributed by atoms with Crippen LogP contribution in [0.15, 0.2) is 0 Å². The second kappa shape index (κ2) is 7.42. The fraction of sp³-hybridized carbons (Fsp3) is 0.625. The number of thiocarbonyl (C=S) groups is 1. The lowest BCUT2D eigenvalue weighted by Crippen LogP contribution is -2.31. The molecule has 1 heterocycles. The molecule has 1 aromatic heterocycles. The molecule has 1 aliphatic carbocycles. The summed E-state index contributed by atoms with van der Waals surface area (Å²) < 4.78 is 5.28. The van der Waals surface area contributed by atoms with E-state index < -0.39 is 0 Å². The van der Waals surface area contributed by atoms with E-state index in [0.29, 0.717) is 23.2 Å². The molecule has 1 aromatic rings. The highest BCUT2D eigenvalue weighted by Crippen LogP contribution is 2.43. The van der Waals surface area contributed by atoms with Gasteiger partial charge in [-0.15, -0.1) is 11.3 Å². The standard InChI is InChI=1S/C16H24N2O2S2/c1-5-18(4)16(21)17-14-13(15(19)20-6-2)12-10(3)8-7-9-11(12)22-14/h10H,5-9H2,1-4H3,(H,17,21)/t10-/m1/s1. The lowest BCUT2D eigenvalue weighted by atomic mass is 9.86. The molecular weight excluding hydrogens is 316 g/mol. The van der Waals surface area contributed by atoms with Gasteiger partial charge in [-0.2, -0.15) is 0 Å². The van der Waals surface area contributed by atoms with Gasteiger partial charge in [-0.1, -0.05) is 6.92 Å². The number of rotatable bonds is 4. The molecule has 122 valence electrons. The van der Waals surface area contributed by atoms with Crippen LogP contribution in [0.3, 0.4) is 0 Å². The maximum Gasteiger partial charge on any atom is 0.341 e. The van der Waals surface area contributed by atoms with E-state index in [0.717, 1.165) is 24.4 Å². The Morgan fingerprint density at radius 1 is 1.50 bits per heavy atom. The average Bonchev–Trinajstić information content (AvgIpc) is 2.86. The van der Waals surface area contributed by atoms with Crippen molar-refractivity contribution >= 4 is 39.6 Å². The first kappa shape index (κ1) is 17.2. The van der Waals surface area contributed by atoms with Gasteiger partial charge in [0.2, 0.25) is 0 Å². The van der Waals surface area contributed by atoms with Crippen LogP contribution in [0.5, 0.6) is 0 Å². The summed E-state index contributed by atoms with van der Waals surface area (Å²) in [6.45, 7) is 7.27. The molecule has 0 amide bonds. The highest BCUT2D eigenvalue weighted by molar-refractivity contribution is 7.80. The van der Waals surface area contributed by atoms with E-state index in [2.05, 4.69) is 12.2 Å². The average molecular weight is 341 g/mol. The molecule has 0 aliphatic heterocycles. The number of nitrogens with zero attached hydrogens (tertiary/aromatic N) is 1. The Morgan fingerprint density at radius 3 is 2.86 bits per heavy atom. The maximum atomic E-state index is 12.5. The number of carbonyl (C=O) groups is 1. The van der Waals surface area contributed by atoms with Gasteiger partial charge in [0, 0.05) is 18.5 Å². The van der Waals surface area contributed by atoms with E-state index in [1.165, 1.54) is 16.9 Å². The van der Waals surface area contributed by atoms with Crippen LogP contribution < -0.4 is 5.32 Å². The second-order valence-corrected chi connectivity index (χ2v) is 7.09. The SMILES string of the molecule is CCOC(=O)c1c(NC(=S)N(C)CC)sc2c1[C@H](C)CCC2. The third-order valence-electron chi connectivity index (χ3n) is 4.08. The Morgan fingerprint density at radius 2 is 2.23 bits per heavy atom. The molecule has 22 heavy (non-hydrogen) atoms. The Bertz CT molecular complexity index is 569. The first-order valence-electron chi connectivity index (χ1n) is 7.84. The summed E-state index contributed by atoms with van der Waals surface area (Å²) in [5, 5.41) is 4.73. The van der Waals surface area contributed by atoms with Gasteiger partial charge in [-0.25, -0.2) is 4.79 Å². The fourth-order valence-electron chi connectivity index (χ4n) is 2.74. The molecule has 4 nitrogen and oxygen atoms in total. The molecule has 0 fully saturated rings. The molecule has 1 aliphatic rings. The summed E-state index contributed by atoms with van der Waals surface area (Å²) in [6.07, 6.45) is 3.33. The lowest BCUT2D eigenvalue weighted by molar-refractivity contribution is 0.0526. The van der Waals surface area contributed by atoms with Crippen molar-refractivity contribution < 1.29 is 9.53 Å². The minimum absolute atomic E-state index is 0.238. The fourth-order valence-corrected chi connectivity index (χ4v) is 4.39. The molecule has 0 saturated heterocycles. The molecule has 2 rings (SSSR count). The van der Waals surface area contributed by atoms with Gasteiger partial charge in [0.25, 0.3) is 0 Å². The van der Waals surface area contributed by atoms with Crippen molar-refractivity contribution in [2.75, 3.05) is 25.5 Å². The number of carbonyl (C=O) groups excluding carboxylic acids is 1. The highest BCUT2D eigenvalue weighted by Gasteiger charge is 2.30. The quantitative estimate of drug-likeness (QED) is 0.662. The summed E-state index contributed by atoms with van der Waals surface area (Å²) in [4.78, 5) is 15.7. The number of fused-ring (bicyclic) bond motifs is 1. The van der Waals surface area contributed by atoms with Crippen LogP contribution >= 0.6 is 23.6 Å². The van der Waals surface area contributed by atoms with Gasteiger partial charge in [0.05, 0.1) is 12.2 Å². The topological polar surface area (TPSA) is 41.6 Å². The molecule has 0 unspecified atom stereocenters. The van der Waals surface area contributed by atoms with Gasteiger partial charge in [-0.3, -0.25) is 0 Å². The van der Waals surface area contributed by atoms with Crippen molar-refractivity contribution in [2.45, 2.75) is 46.0 Å². The lowest BCUT2D eigenvalue weighted by Gasteiger charge is -2.20. The zero-order valence-corrected chi connectivity index (χ0v) is 15.3. The molecule has 0 aromatic carbocycles. The number of hydrogen-bond acceptors (Lipinski definition) is 4. The van der Waals surface area contributed by atoms with Gasteiger partial charge in [-0.05, 0) is 56.8 Å². The van der Waals surface area contributed by atoms with Crippen LogP contribution in [0, 0.1) is 0 Å². The zero-order chi connectivity index (χ0) is 16.3. The Hall–Kier alpha value is -1.14. The molecule has 0 radical (unpaired) electrons. The summed E-state index contributed by atoms with van der Waals surface area (Å²) in [5.41, 5.74) is 1.86. The van der Waals surface area contributed by atoms with E-state index >= 15 is 0 Å². The zero-order valence-electron chi connectivity index (χ0n) is 13.7. The molecule has 0 bridgehead atoms. The van der Waals surface area contributed by atoms with E-state index in [9.17, 15) is 4.79 Å². The minimum atomic E-state index is -0.238. The number of ether oxygens (including phenoxy) is 1. The van der Waals surface area contributed by atoms with Crippen molar-refractivity contribution in [1.82, 2.24) is 4.90 Å². The van der Waals surface area contributed by atoms with Gasteiger partial charge >= 0.3 is 5.97 Å². The summed E-state index contributed by atoms with van der Waals surface area (Å²) in [6, 6.07) is 0. The van der Waals surface area contributed by atoms with Crippen LogP contribution in [-0.2, 0) is 11.2 Å². The van der Waals surface area contributed by atoms with Crippen molar-refractivity contribution in [3.05, 3.63) is 16.0 Å². The Kier molecular flexibility index (Phi) is 5.81. The van der Waals surface area contributed by atoms with Crippen LogP contribution in [0.1, 0.15) is 60.3 Å². The summed E-state index contributed by atoms with van der Waals surface area (Å²) in [5.74, 6) is 0.158. The molecule has 0 saturated carbocycles. The van der Waals surface area contributed by atoms with Crippen molar-refractivity contribution in [2.24, 2.45) is 0 Å². The summed E-state index contributed by atoms with van der Waals surface area (Å²) in [7, 11) is 1.94. The molecule has 1 N–H and O–H groups in total. The van der Waals surface area contributed by atoms with Crippen LogP contribution in [0.2, 0.25) is 0 Å². The second-order valence-electron chi connectivity index (χ2n) is 5.60. The smallest absolute Gasteiger partial charge is 0.341 e. The minimum Gasteiger partial charge on any atom is -0.462 e. The third kappa shape index (κ3) is 3.43. The Balaban J connectivity index is 2.40. The first-order valence-corrected chi connectivity index (χ1v) is 9.06. The van der Waals surface area contributed by atoms with Crippen molar-refractivity contribution in [3.8, 4) is 0 Å². The molecule has 0 spiro atoms. The monoisotopic (exact) mass is 340 g/mol. The van der Waals surface area contributed by atoms with E-state index in [1.54, 1.807) is 11.3 Å². The third-order valence-corrected chi connectivity index (χ3v) is 5.67. The number of hydrogen-bond donors (Lipinski definition) is 1. The highest BCUT2D eigenvalue weighted by atomic mass is 32.1. The molecule has 6 heteroatoms. The number of aryl methyl sites for hydroxylation is 1. The number of anilines is 1. The number of esters is 1. The van der Waals surface area contributed by atoms with Gasteiger partial charge < -0.3 is 15.0 Å². The molecule has 1 atom stereocenters. The van der Waals surface area contributed by atoms with E-state index in [4.69, 9.17) is 17.0 Å². The van der Waals surface area contributed by atoms with Gasteiger partial charge in [0.15, 0.2) is 5.11 Å². The molecular formula is C16H24N2O2S2. The van der Waals surface area contributed by atoms with E-state index in [1.807, 2.05) is 25.8 Å². The Labute approximate surface area is 141 Å². The van der Waals surface area contributed by atoms with Gasteiger partial charge in [0.1, 0.15) is 5.00 Å². The van der Waals surface area contributed by atoms with Crippen LogP contribution in [-0.4, -0.2) is 36.2 Å². The first-order chi connectivity index (χ1) is 10.5. The maximum absolute atomic E-state index is 12.5. The predicted molar refractivity (Wildman–Crippen MR) is 96.2 cm³/mol.